The quantitative estimate of drug-likeness (QED) is 0.418. The topological polar surface area (TPSA) is 44.6 Å². The average molecular weight is 210 g/mol. The first-order valence-corrected chi connectivity index (χ1v) is 6.37. The third-order valence-corrected chi connectivity index (χ3v) is 3.81. The molecule has 2 aliphatic rings. The Kier molecular flexibility index (Phi) is 4.01. The van der Waals surface area contributed by atoms with Gasteiger partial charge in [0.05, 0.1) is 5.71 Å². The second-order valence-electron chi connectivity index (χ2n) is 4.86. The van der Waals surface area contributed by atoms with E-state index in [2.05, 4.69) is 10.5 Å². The molecule has 0 aromatic rings. The first kappa shape index (κ1) is 10.9. The molecule has 3 heteroatoms. The van der Waals surface area contributed by atoms with Gasteiger partial charge < -0.3 is 10.5 Å². The van der Waals surface area contributed by atoms with Crippen molar-refractivity contribution in [1.29, 1.82) is 0 Å². The van der Waals surface area contributed by atoms with E-state index in [-0.39, 0.29) is 0 Å². The van der Waals surface area contributed by atoms with Crippen molar-refractivity contribution in [1.82, 2.24) is 5.32 Å². The minimum absolute atomic E-state index is 0.354. The highest BCUT2D eigenvalue weighted by molar-refractivity contribution is 5.91. The van der Waals surface area contributed by atoms with Crippen LogP contribution in [0.5, 0.6) is 0 Å². The van der Waals surface area contributed by atoms with Gasteiger partial charge in [0.2, 0.25) is 0 Å². The zero-order valence-electron chi connectivity index (χ0n) is 9.41. The van der Waals surface area contributed by atoms with Gasteiger partial charge in [-0.2, -0.15) is 0 Å². The van der Waals surface area contributed by atoms with E-state index < -0.39 is 0 Å². The van der Waals surface area contributed by atoms with E-state index in [0.29, 0.717) is 12.0 Å². The lowest BCUT2D eigenvalue weighted by Crippen LogP contribution is -2.43. The summed E-state index contributed by atoms with van der Waals surface area (Å²) in [6.07, 6.45) is 10.1. The summed E-state index contributed by atoms with van der Waals surface area (Å²) in [6.45, 7) is 1.08. The molecular formula is C12H22N2O. The van der Waals surface area contributed by atoms with Crippen molar-refractivity contribution in [2.45, 2.75) is 57.4 Å². The van der Waals surface area contributed by atoms with Crippen molar-refractivity contribution in [2.24, 2.45) is 11.1 Å². The summed E-state index contributed by atoms with van der Waals surface area (Å²) < 4.78 is 0. The molecule has 15 heavy (non-hydrogen) atoms. The monoisotopic (exact) mass is 210 g/mol. The lowest BCUT2D eigenvalue weighted by atomic mass is 9.81. The van der Waals surface area contributed by atoms with Crippen LogP contribution < -0.4 is 5.32 Å². The first-order chi connectivity index (χ1) is 7.42. The number of rotatable bonds is 2. The van der Waals surface area contributed by atoms with Crippen molar-refractivity contribution < 1.29 is 5.21 Å². The fraction of sp³-hybridized carbons (Fsp3) is 0.917. The summed E-state index contributed by atoms with van der Waals surface area (Å²) in [5.74, 6) is 0.541. The van der Waals surface area contributed by atoms with E-state index in [9.17, 15) is 5.21 Å². The minimum Gasteiger partial charge on any atom is -0.411 e. The smallest absolute Gasteiger partial charge is 0.0770 e. The average Bonchev–Trinajstić information content (AvgIpc) is 2.33. The third kappa shape index (κ3) is 2.71. The van der Waals surface area contributed by atoms with Crippen LogP contribution in [0.25, 0.3) is 0 Å². The highest BCUT2D eigenvalue weighted by Crippen LogP contribution is 2.27. The Morgan fingerprint density at radius 3 is 2.33 bits per heavy atom. The zero-order valence-corrected chi connectivity index (χ0v) is 9.41. The maximum absolute atomic E-state index is 9.18. The Morgan fingerprint density at radius 2 is 1.73 bits per heavy atom. The highest BCUT2D eigenvalue weighted by atomic mass is 16.4. The second kappa shape index (κ2) is 5.50. The molecular weight excluding hydrogens is 188 g/mol. The molecule has 1 saturated carbocycles. The van der Waals surface area contributed by atoms with E-state index in [0.717, 1.165) is 18.7 Å². The number of hydrogen-bond acceptors (Lipinski definition) is 3. The largest absolute Gasteiger partial charge is 0.411 e. The number of piperidine rings is 1. The fourth-order valence-corrected chi connectivity index (χ4v) is 2.94. The SMILES string of the molecule is O/N=C(\C1CCCCC1)C1CCCCN1. The predicted molar refractivity (Wildman–Crippen MR) is 61.4 cm³/mol. The Labute approximate surface area is 91.9 Å². The predicted octanol–water partition coefficient (Wildman–Crippen LogP) is 2.54. The van der Waals surface area contributed by atoms with Crippen LogP contribution in [0.3, 0.4) is 0 Å². The first-order valence-electron chi connectivity index (χ1n) is 6.37. The normalized spacial score (nSPS) is 30.4. The van der Waals surface area contributed by atoms with Crippen molar-refractivity contribution >= 4 is 5.71 Å². The van der Waals surface area contributed by atoms with Crippen molar-refractivity contribution in [3.63, 3.8) is 0 Å². The maximum atomic E-state index is 9.18. The van der Waals surface area contributed by atoms with Crippen LogP contribution in [0.4, 0.5) is 0 Å². The molecule has 1 unspecified atom stereocenters. The molecule has 0 aromatic heterocycles. The summed E-state index contributed by atoms with van der Waals surface area (Å²) in [4.78, 5) is 0. The van der Waals surface area contributed by atoms with Gasteiger partial charge in [-0.05, 0) is 32.2 Å². The van der Waals surface area contributed by atoms with Gasteiger partial charge >= 0.3 is 0 Å². The van der Waals surface area contributed by atoms with E-state index in [1.165, 1.54) is 44.9 Å². The number of nitrogens with zero attached hydrogens (tertiary/aromatic N) is 1. The van der Waals surface area contributed by atoms with Crippen LogP contribution in [0.15, 0.2) is 5.16 Å². The molecule has 3 nitrogen and oxygen atoms in total. The lowest BCUT2D eigenvalue weighted by molar-refractivity contribution is 0.300. The third-order valence-electron chi connectivity index (χ3n) is 3.81. The molecule has 2 fully saturated rings. The molecule has 1 aliphatic carbocycles. The van der Waals surface area contributed by atoms with Crippen LogP contribution in [0.2, 0.25) is 0 Å². The number of nitrogens with one attached hydrogen (secondary N) is 1. The van der Waals surface area contributed by atoms with Gasteiger partial charge in [-0.1, -0.05) is 30.8 Å². The molecule has 0 radical (unpaired) electrons. The standard InChI is InChI=1S/C12H22N2O/c15-14-12(10-6-2-1-3-7-10)11-8-4-5-9-13-11/h10-11,13,15H,1-9H2/b14-12+. The summed E-state index contributed by atoms with van der Waals surface area (Å²) in [5, 5.41) is 16.2. The van der Waals surface area contributed by atoms with Gasteiger partial charge in [-0.25, -0.2) is 0 Å². The van der Waals surface area contributed by atoms with Crippen molar-refractivity contribution in [3.05, 3.63) is 0 Å². The summed E-state index contributed by atoms with van der Waals surface area (Å²) in [6, 6.07) is 0.354. The van der Waals surface area contributed by atoms with Crippen LogP contribution in [-0.2, 0) is 0 Å². The minimum atomic E-state index is 0.354. The molecule has 1 saturated heterocycles. The molecule has 0 aromatic carbocycles. The van der Waals surface area contributed by atoms with Crippen LogP contribution in [0, 0.1) is 5.92 Å². The van der Waals surface area contributed by atoms with Crippen molar-refractivity contribution in [3.8, 4) is 0 Å². The Bertz CT molecular complexity index is 196. The molecule has 1 heterocycles. The van der Waals surface area contributed by atoms with Gasteiger partial charge in [0.1, 0.15) is 0 Å². The van der Waals surface area contributed by atoms with Crippen LogP contribution >= 0.6 is 0 Å². The Hall–Kier alpha value is -0.570. The molecule has 86 valence electrons. The molecule has 0 bridgehead atoms. The lowest BCUT2D eigenvalue weighted by Gasteiger charge is -2.30. The highest BCUT2D eigenvalue weighted by Gasteiger charge is 2.27. The van der Waals surface area contributed by atoms with E-state index in [1.54, 1.807) is 0 Å². The zero-order chi connectivity index (χ0) is 10.5. The van der Waals surface area contributed by atoms with E-state index >= 15 is 0 Å². The summed E-state index contributed by atoms with van der Waals surface area (Å²) in [7, 11) is 0. The van der Waals surface area contributed by atoms with Crippen LogP contribution in [-0.4, -0.2) is 23.5 Å². The van der Waals surface area contributed by atoms with E-state index in [1.807, 2.05) is 0 Å². The van der Waals surface area contributed by atoms with Gasteiger partial charge in [0.25, 0.3) is 0 Å². The molecule has 0 amide bonds. The Balaban J connectivity index is 1.95. The van der Waals surface area contributed by atoms with Crippen LogP contribution in [0.1, 0.15) is 51.4 Å². The Morgan fingerprint density at radius 1 is 1.00 bits per heavy atom. The fourth-order valence-electron chi connectivity index (χ4n) is 2.94. The second-order valence-corrected chi connectivity index (χ2v) is 4.86. The van der Waals surface area contributed by atoms with Gasteiger partial charge in [-0.15, -0.1) is 0 Å². The summed E-state index contributed by atoms with van der Waals surface area (Å²) in [5.41, 5.74) is 1.04. The maximum Gasteiger partial charge on any atom is 0.0770 e. The molecule has 2 rings (SSSR count). The van der Waals surface area contributed by atoms with Crippen molar-refractivity contribution in [2.75, 3.05) is 6.54 Å². The van der Waals surface area contributed by atoms with Gasteiger partial charge in [0, 0.05) is 12.0 Å². The number of oxime groups is 1. The van der Waals surface area contributed by atoms with E-state index in [4.69, 9.17) is 0 Å². The summed E-state index contributed by atoms with van der Waals surface area (Å²) >= 11 is 0. The molecule has 1 aliphatic heterocycles. The molecule has 1 atom stereocenters. The molecule has 0 spiro atoms. The van der Waals surface area contributed by atoms with Gasteiger partial charge in [0.15, 0.2) is 0 Å². The van der Waals surface area contributed by atoms with Gasteiger partial charge in [-0.3, -0.25) is 0 Å². The number of hydrogen-bond donors (Lipinski definition) is 2. The molecule has 2 N–H and O–H groups in total.